The molecule has 0 aliphatic heterocycles. The maximum Gasteiger partial charge on any atom is 0.106 e. The quantitative estimate of drug-likeness (QED) is 0.699. The van der Waals surface area contributed by atoms with Crippen LogP contribution in [0.5, 0.6) is 0 Å². The average molecular weight is 241 g/mol. The number of rotatable bonds is 3. The van der Waals surface area contributed by atoms with Crippen molar-refractivity contribution in [2.24, 2.45) is 5.18 Å². The lowest BCUT2D eigenvalue weighted by atomic mass is 10.0. The molecule has 0 unspecified atom stereocenters. The van der Waals surface area contributed by atoms with Crippen molar-refractivity contribution in [3.63, 3.8) is 0 Å². The van der Waals surface area contributed by atoms with Crippen LogP contribution in [0, 0.1) is 11.8 Å². The smallest absolute Gasteiger partial charge is 0.106 e. The molecule has 0 fully saturated rings. The number of nitroso groups, excluding NO2 is 1. The second kappa shape index (κ2) is 7.38. The van der Waals surface area contributed by atoms with Gasteiger partial charge >= 0.3 is 0 Å². The van der Waals surface area contributed by atoms with Crippen molar-refractivity contribution in [3.05, 3.63) is 64.6 Å². The van der Waals surface area contributed by atoms with Gasteiger partial charge in [-0.2, -0.15) is 4.91 Å². The van der Waals surface area contributed by atoms with E-state index in [0.717, 1.165) is 11.1 Å². The Bertz CT molecular complexity index is 471. The standard InChI is InChI=1S/C14H13NO.C2H6/c1-11-2-6-13(7-3-11)14-8-4-12(5-9-14)10-15-16;1-2/h2-9H,10H2,1H3;1-2H3. The minimum absolute atomic E-state index is 0.244. The molecule has 0 aliphatic carbocycles. The van der Waals surface area contributed by atoms with Gasteiger partial charge in [0.15, 0.2) is 0 Å². The highest BCUT2D eigenvalue weighted by molar-refractivity contribution is 5.63. The number of nitrogens with zero attached hydrogens (tertiary/aromatic N) is 1. The Kier molecular flexibility index (Phi) is 5.78. The molecule has 0 spiro atoms. The summed E-state index contributed by atoms with van der Waals surface area (Å²) in [5.41, 5.74) is 4.56. The molecule has 0 N–H and O–H groups in total. The predicted molar refractivity (Wildman–Crippen MR) is 77.5 cm³/mol. The molecule has 2 aromatic rings. The summed E-state index contributed by atoms with van der Waals surface area (Å²) >= 11 is 0. The number of hydrogen-bond donors (Lipinski definition) is 0. The summed E-state index contributed by atoms with van der Waals surface area (Å²) in [6.45, 7) is 6.32. The van der Waals surface area contributed by atoms with E-state index in [1.807, 2.05) is 38.1 Å². The van der Waals surface area contributed by atoms with E-state index in [-0.39, 0.29) is 6.54 Å². The first-order valence-electron chi connectivity index (χ1n) is 6.25. The molecule has 18 heavy (non-hydrogen) atoms. The number of hydrogen-bond acceptors (Lipinski definition) is 2. The topological polar surface area (TPSA) is 29.4 Å². The monoisotopic (exact) mass is 241 g/mol. The molecular formula is C16H19NO. The Morgan fingerprint density at radius 2 is 1.28 bits per heavy atom. The second-order valence-electron chi connectivity index (χ2n) is 3.85. The Balaban J connectivity index is 0.000000771. The van der Waals surface area contributed by atoms with Gasteiger partial charge in [0.1, 0.15) is 6.54 Å². The fraction of sp³-hybridized carbons (Fsp3) is 0.250. The summed E-state index contributed by atoms with van der Waals surface area (Å²) in [6, 6.07) is 16.3. The van der Waals surface area contributed by atoms with Crippen molar-refractivity contribution < 1.29 is 0 Å². The van der Waals surface area contributed by atoms with E-state index in [9.17, 15) is 4.91 Å². The van der Waals surface area contributed by atoms with Crippen LogP contribution >= 0.6 is 0 Å². The SMILES string of the molecule is CC.Cc1ccc(-c2ccc(CN=O)cc2)cc1. The van der Waals surface area contributed by atoms with E-state index < -0.39 is 0 Å². The molecule has 2 rings (SSSR count). The molecule has 94 valence electrons. The first kappa shape index (κ1) is 14.1. The Labute approximate surface area is 109 Å². The molecule has 0 aromatic heterocycles. The Hall–Kier alpha value is -1.96. The Morgan fingerprint density at radius 3 is 1.72 bits per heavy atom. The van der Waals surface area contributed by atoms with Crippen LogP contribution in [0.25, 0.3) is 11.1 Å². The number of benzene rings is 2. The second-order valence-corrected chi connectivity index (χ2v) is 3.85. The molecule has 0 bridgehead atoms. The zero-order chi connectivity index (χ0) is 13.4. The third-order valence-corrected chi connectivity index (χ3v) is 2.59. The summed E-state index contributed by atoms with van der Waals surface area (Å²) in [5, 5.41) is 2.87. The highest BCUT2D eigenvalue weighted by Gasteiger charge is 1.97. The van der Waals surface area contributed by atoms with Crippen LogP contribution in [-0.2, 0) is 6.54 Å². The van der Waals surface area contributed by atoms with Gasteiger partial charge < -0.3 is 0 Å². The minimum Gasteiger partial charge on any atom is -0.150 e. The lowest BCUT2D eigenvalue weighted by molar-refractivity contribution is 1.06. The summed E-state index contributed by atoms with van der Waals surface area (Å²) in [6.07, 6.45) is 0. The molecule has 0 amide bonds. The van der Waals surface area contributed by atoms with Crippen molar-refractivity contribution >= 4 is 0 Å². The average Bonchev–Trinajstić information content (AvgIpc) is 2.43. The highest BCUT2D eigenvalue weighted by atomic mass is 16.3. The van der Waals surface area contributed by atoms with E-state index in [2.05, 4.69) is 36.4 Å². The lowest BCUT2D eigenvalue weighted by Gasteiger charge is -2.03. The van der Waals surface area contributed by atoms with Crippen molar-refractivity contribution in [2.75, 3.05) is 0 Å². The van der Waals surface area contributed by atoms with Crippen LogP contribution in [0.4, 0.5) is 0 Å². The van der Waals surface area contributed by atoms with Gasteiger partial charge in [-0.05, 0) is 23.6 Å². The molecule has 0 heterocycles. The van der Waals surface area contributed by atoms with Gasteiger partial charge in [-0.1, -0.05) is 73.1 Å². The van der Waals surface area contributed by atoms with Crippen LogP contribution in [0.3, 0.4) is 0 Å². The summed E-state index contributed by atoms with van der Waals surface area (Å²) in [7, 11) is 0. The van der Waals surface area contributed by atoms with Gasteiger partial charge in [-0.15, -0.1) is 0 Å². The molecule has 0 radical (unpaired) electrons. The molecule has 2 heteroatoms. The van der Waals surface area contributed by atoms with Gasteiger partial charge in [-0.3, -0.25) is 0 Å². The van der Waals surface area contributed by atoms with E-state index in [0.29, 0.717) is 0 Å². The van der Waals surface area contributed by atoms with Crippen molar-refractivity contribution in [3.8, 4) is 11.1 Å². The first-order valence-corrected chi connectivity index (χ1v) is 6.25. The summed E-state index contributed by atoms with van der Waals surface area (Å²) < 4.78 is 0. The van der Waals surface area contributed by atoms with E-state index >= 15 is 0 Å². The van der Waals surface area contributed by atoms with Gasteiger partial charge in [0.2, 0.25) is 0 Å². The first-order chi connectivity index (χ1) is 8.79. The largest absolute Gasteiger partial charge is 0.150 e. The molecule has 2 nitrogen and oxygen atoms in total. The third kappa shape index (κ3) is 3.81. The van der Waals surface area contributed by atoms with Crippen molar-refractivity contribution in [2.45, 2.75) is 27.3 Å². The maximum absolute atomic E-state index is 10.1. The molecule has 0 aliphatic rings. The van der Waals surface area contributed by atoms with Crippen LogP contribution in [0.15, 0.2) is 53.7 Å². The Morgan fingerprint density at radius 1 is 0.833 bits per heavy atom. The number of aryl methyl sites for hydroxylation is 1. The third-order valence-electron chi connectivity index (χ3n) is 2.59. The zero-order valence-corrected chi connectivity index (χ0v) is 11.2. The molecule has 2 aromatic carbocycles. The van der Waals surface area contributed by atoms with Gasteiger partial charge in [-0.25, -0.2) is 0 Å². The van der Waals surface area contributed by atoms with Crippen LogP contribution in [-0.4, -0.2) is 0 Å². The van der Waals surface area contributed by atoms with Crippen LogP contribution in [0.2, 0.25) is 0 Å². The fourth-order valence-electron chi connectivity index (χ4n) is 1.62. The highest BCUT2D eigenvalue weighted by Crippen LogP contribution is 2.20. The van der Waals surface area contributed by atoms with Crippen molar-refractivity contribution in [1.29, 1.82) is 0 Å². The van der Waals surface area contributed by atoms with Crippen LogP contribution < -0.4 is 0 Å². The van der Waals surface area contributed by atoms with Gasteiger partial charge in [0.25, 0.3) is 0 Å². The van der Waals surface area contributed by atoms with E-state index in [4.69, 9.17) is 0 Å². The van der Waals surface area contributed by atoms with E-state index in [1.165, 1.54) is 11.1 Å². The summed E-state index contributed by atoms with van der Waals surface area (Å²) in [4.78, 5) is 10.1. The normalized spacial score (nSPS) is 9.28. The molecular weight excluding hydrogens is 222 g/mol. The maximum atomic E-state index is 10.1. The molecule has 0 saturated heterocycles. The fourth-order valence-corrected chi connectivity index (χ4v) is 1.62. The molecule has 0 atom stereocenters. The molecule has 0 saturated carbocycles. The van der Waals surface area contributed by atoms with Gasteiger partial charge in [0.05, 0.1) is 0 Å². The lowest BCUT2D eigenvalue weighted by Crippen LogP contribution is -1.82. The van der Waals surface area contributed by atoms with Gasteiger partial charge in [0, 0.05) is 0 Å². The zero-order valence-electron chi connectivity index (χ0n) is 11.2. The minimum atomic E-state index is 0.244. The predicted octanol–water partition coefficient (Wildman–Crippen LogP) is 4.95. The van der Waals surface area contributed by atoms with Crippen molar-refractivity contribution in [1.82, 2.24) is 0 Å². The van der Waals surface area contributed by atoms with Crippen LogP contribution in [0.1, 0.15) is 25.0 Å². The van der Waals surface area contributed by atoms with E-state index in [1.54, 1.807) is 0 Å². The summed E-state index contributed by atoms with van der Waals surface area (Å²) in [5.74, 6) is 0.